The maximum Gasteiger partial charge on any atom is 0.287 e. The molecule has 0 saturated carbocycles. The first-order valence-electron chi connectivity index (χ1n) is 7.86. The summed E-state index contributed by atoms with van der Waals surface area (Å²) < 4.78 is 0. The minimum atomic E-state index is -0.494. The Morgan fingerprint density at radius 2 is 2.00 bits per heavy atom. The lowest BCUT2D eigenvalue weighted by Crippen LogP contribution is -2.47. The van der Waals surface area contributed by atoms with Crippen molar-refractivity contribution in [3.63, 3.8) is 0 Å². The van der Waals surface area contributed by atoms with Crippen LogP contribution in [0.1, 0.15) is 31.2 Å². The van der Waals surface area contributed by atoms with Gasteiger partial charge in [-0.15, -0.1) is 0 Å². The van der Waals surface area contributed by atoms with E-state index in [9.17, 15) is 10.1 Å². The summed E-state index contributed by atoms with van der Waals surface area (Å²) in [5.74, 6) is 0. The Hall–Kier alpha value is -2.13. The Bertz CT molecular complexity index is 605. The van der Waals surface area contributed by atoms with Crippen LogP contribution >= 0.6 is 0 Å². The van der Waals surface area contributed by atoms with E-state index in [1.54, 1.807) is 12.1 Å². The molecule has 2 heterocycles. The molecule has 1 unspecified atom stereocenters. The van der Waals surface area contributed by atoms with Crippen LogP contribution in [0.2, 0.25) is 0 Å². The molecule has 1 aromatic carbocycles. The maximum atomic E-state index is 10.9. The van der Waals surface area contributed by atoms with Gasteiger partial charge in [-0.05, 0) is 50.9 Å². The highest BCUT2D eigenvalue weighted by Crippen LogP contribution is 2.28. The summed E-state index contributed by atoms with van der Waals surface area (Å²) in [4.78, 5) is 15.3. The van der Waals surface area contributed by atoms with Crippen LogP contribution in [0.3, 0.4) is 0 Å². The summed E-state index contributed by atoms with van der Waals surface area (Å²) in [7, 11) is 0. The third kappa shape index (κ3) is 2.90. The molecule has 116 valence electrons. The standard InChI is InChI=1S/C16H20N4O2/c17-11-13-10-14(5-6-16(13)20(21)22)19-9-3-4-15(12-19)18-7-1-2-8-18/h5-6,10,15H,1-4,7-9,12H2. The second-order valence-corrected chi connectivity index (χ2v) is 6.06. The number of nitro groups is 1. The van der Waals surface area contributed by atoms with E-state index in [-0.39, 0.29) is 11.3 Å². The monoisotopic (exact) mass is 300 g/mol. The molecule has 0 bridgehead atoms. The minimum Gasteiger partial charge on any atom is -0.370 e. The summed E-state index contributed by atoms with van der Waals surface area (Å²) in [5.41, 5.74) is 0.955. The highest BCUT2D eigenvalue weighted by atomic mass is 16.6. The quantitative estimate of drug-likeness (QED) is 0.633. The normalized spacial score (nSPS) is 22.5. The fourth-order valence-corrected chi connectivity index (χ4v) is 3.56. The van der Waals surface area contributed by atoms with Crippen molar-refractivity contribution in [3.05, 3.63) is 33.9 Å². The van der Waals surface area contributed by atoms with Gasteiger partial charge in [-0.3, -0.25) is 15.0 Å². The Kier molecular flexibility index (Phi) is 4.25. The molecule has 2 fully saturated rings. The highest BCUT2D eigenvalue weighted by molar-refractivity contribution is 5.60. The van der Waals surface area contributed by atoms with Crippen LogP contribution in [0.5, 0.6) is 0 Å². The number of hydrogen-bond donors (Lipinski definition) is 0. The molecule has 6 nitrogen and oxygen atoms in total. The van der Waals surface area contributed by atoms with Gasteiger partial charge in [-0.2, -0.15) is 5.26 Å². The van der Waals surface area contributed by atoms with Crippen molar-refractivity contribution in [1.29, 1.82) is 5.26 Å². The van der Waals surface area contributed by atoms with Gasteiger partial charge in [0, 0.05) is 30.9 Å². The van der Waals surface area contributed by atoms with Crippen molar-refractivity contribution in [3.8, 4) is 6.07 Å². The predicted molar refractivity (Wildman–Crippen MR) is 83.9 cm³/mol. The zero-order valence-corrected chi connectivity index (χ0v) is 12.6. The van der Waals surface area contributed by atoms with Crippen molar-refractivity contribution in [2.45, 2.75) is 31.7 Å². The van der Waals surface area contributed by atoms with E-state index < -0.39 is 4.92 Å². The molecule has 22 heavy (non-hydrogen) atoms. The first-order valence-corrected chi connectivity index (χ1v) is 7.86. The van der Waals surface area contributed by atoms with E-state index in [0.717, 1.165) is 25.2 Å². The van der Waals surface area contributed by atoms with Gasteiger partial charge in [-0.1, -0.05) is 0 Å². The molecule has 6 heteroatoms. The zero-order chi connectivity index (χ0) is 15.5. The molecule has 0 aliphatic carbocycles. The molecule has 2 saturated heterocycles. The lowest BCUT2D eigenvalue weighted by molar-refractivity contribution is -0.385. The molecular weight excluding hydrogens is 280 g/mol. The third-order valence-electron chi connectivity index (χ3n) is 4.72. The molecular formula is C16H20N4O2. The summed E-state index contributed by atoms with van der Waals surface area (Å²) in [6.07, 6.45) is 4.91. The predicted octanol–water partition coefficient (Wildman–Crippen LogP) is 2.53. The van der Waals surface area contributed by atoms with Crippen LogP contribution in [-0.4, -0.2) is 42.0 Å². The van der Waals surface area contributed by atoms with Crippen LogP contribution in [-0.2, 0) is 0 Å². The van der Waals surface area contributed by atoms with E-state index in [0.29, 0.717) is 6.04 Å². The summed E-state index contributed by atoms with van der Waals surface area (Å²) >= 11 is 0. The van der Waals surface area contributed by atoms with Gasteiger partial charge in [0.05, 0.1) is 4.92 Å². The average molecular weight is 300 g/mol. The SMILES string of the molecule is N#Cc1cc(N2CCCC(N3CCCC3)C2)ccc1[N+](=O)[O-]. The van der Waals surface area contributed by atoms with Crippen LogP contribution in [0.4, 0.5) is 11.4 Å². The van der Waals surface area contributed by atoms with Crippen LogP contribution in [0.25, 0.3) is 0 Å². The number of benzene rings is 1. The zero-order valence-electron chi connectivity index (χ0n) is 12.6. The van der Waals surface area contributed by atoms with Gasteiger partial charge >= 0.3 is 0 Å². The Morgan fingerprint density at radius 3 is 2.68 bits per heavy atom. The largest absolute Gasteiger partial charge is 0.370 e. The Morgan fingerprint density at radius 1 is 1.23 bits per heavy atom. The van der Waals surface area contributed by atoms with Crippen molar-refractivity contribution in [2.24, 2.45) is 0 Å². The second kappa shape index (κ2) is 6.32. The molecule has 2 aliphatic rings. The van der Waals surface area contributed by atoms with Gasteiger partial charge in [0.2, 0.25) is 0 Å². The van der Waals surface area contributed by atoms with Gasteiger partial charge in [0.1, 0.15) is 11.6 Å². The van der Waals surface area contributed by atoms with Crippen molar-refractivity contribution in [1.82, 2.24) is 4.90 Å². The maximum absolute atomic E-state index is 10.9. The molecule has 1 aromatic rings. The summed E-state index contributed by atoms with van der Waals surface area (Å²) in [6.45, 7) is 4.26. The first kappa shape index (κ1) is 14.8. The molecule has 0 spiro atoms. The van der Waals surface area contributed by atoms with Gasteiger partial charge in [0.15, 0.2) is 0 Å². The van der Waals surface area contributed by atoms with Crippen molar-refractivity contribution >= 4 is 11.4 Å². The Labute approximate surface area is 130 Å². The number of likely N-dealkylation sites (tertiary alicyclic amines) is 1. The number of anilines is 1. The Balaban J connectivity index is 1.78. The number of hydrogen-bond acceptors (Lipinski definition) is 5. The molecule has 0 amide bonds. The van der Waals surface area contributed by atoms with E-state index in [2.05, 4.69) is 9.80 Å². The molecule has 2 aliphatic heterocycles. The number of nitriles is 1. The smallest absolute Gasteiger partial charge is 0.287 e. The number of nitro benzene ring substituents is 1. The van der Waals surface area contributed by atoms with Gasteiger partial charge in [0.25, 0.3) is 5.69 Å². The van der Waals surface area contributed by atoms with Crippen LogP contribution < -0.4 is 4.90 Å². The topological polar surface area (TPSA) is 73.4 Å². The lowest BCUT2D eigenvalue weighted by Gasteiger charge is -2.38. The highest BCUT2D eigenvalue weighted by Gasteiger charge is 2.27. The second-order valence-electron chi connectivity index (χ2n) is 6.06. The van der Waals surface area contributed by atoms with Gasteiger partial charge in [-0.25, -0.2) is 0 Å². The lowest BCUT2D eigenvalue weighted by atomic mass is 10.0. The first-order chi connectivity index (χ1) is 10.7. The van der Waals surface area contributed by atoms with E-state index in [1.807, 2.05) is 6.07 Å². The van der Waals surface area contributed by atoms with E-state index >= 15 is 0 Å². The summed E-state index contributed by atoms with van der Waals surface area (Å²) in [6, 6.07) is 7.39. The van der Waals surface area contributed by atoms with Crippen LogP contribution in [0, 0.1) is 21.4 Å². The minimum absolute atomic E-state index is 0.112. The van der Waals surface area contributed by atoms with Crippen molar-refractivity contribution < 1.29 is 4.92 Å². The number of nitrogens with zero attached hydrogens (tertiary/aromatic N) is 4. The van der Waals surface area contributed by atoms with Crippen molar-refractivity contribution in [2.75, 3.05) is 31.1 Å². The molecule has 3 rings (SSSR count). The van der Waals surface area contributed by atoms with E-state index in [4.69, 9.17) is 5.26 Å². The molecule has 0 radical (unpaired) electrons. The number of piperidine rings is 1. The average Bonchev–Trinajstić information content (AvgIpc) is 3.08. The molecule has 1 atom stereocenters. The molecule has 0 N–H and O–H groups in total. The molecule has 0 aromatic heterocycles. The van der Waals surface area contributed by atoms with Crippen LogP contribution in [0.15, 0.2) is 18.2 Å². The third-order valence-corrected chi connectivity index (χ3v) is 4.72. The summed E-state index contributed by atoms with van der Waals surface area (Å²) in [5, 5.41) is 20.1. The fourth-order valence-electron chi connectivity index (χ4n) is 3.56. The van der Waals surface area contributed by atoms with E-state index in [1.165, 1.54) is 38.4 Å². The fraction of sp³-hybridized carbons (Fsp3) is 0.562. The van der Waals surface area contributed by atoms with Gasteiger partial charge < -0.3 is 4.90 Å². The number of rotatable bonds is 3.